The Kier molecular flexibility index (Phi) is 5.30. The van der Waals surface area contributed by atoms with Gasteiger partial charge in [0.25, 0.3) is 0 Å². The topological polar surface area (TPSA) is 80.4 Å². The van der Waals surface area contributed by atoms with Gasteiger partial charge in [-0.15, -0.1) is 0 Å². The van der Waals surface area contributed by atoms with Crippen LogP contribution in [0.25, 0.3) is 0 Å². The fourth-order valence-corrected chi connectivity index (χ4v) is 1.82. The molecule has 1 N–H and O–H groups in total. The van der Waals surface area contributed by atoms with Crippen molar-refractivity contribution in [2.75, 3.05) is 13.2 Å². The summed E-state index contributed by atoms with van der Waals surface area (Å²) in [4.78, 5) is 2.92. The fourth-order valence-electron chi connectivity index (χ4n) is 1.35. The third-order valence-electron chi connectivity index (χ3n) is 2.33. The number of hydrogen-bond acceptors (Lipinski definition) is 4. The van der Waals surface area contributed by atoms with Crippen LogP contribution in [0.1, 0.15) is 18.9 Å². The van der Waals surface area contributed by atoms with Crippen molar-refractivity contribution in [1.82, 2.24) is 0 Å². The second-order valence-corrected chi connectivity index (χ2v) is 5.20. The SMILES string of the molecule is CCC1=[NH+]CCO1.Cc1ccc(S(=O)(=O)[O-])cc1. The quantitative estimate of drug-likeness (QED) is 0.756. The zero-order chi connectivity index (χ0) is 13.6. The van der Waals surface area contributed by atoms with Crippen LogP contribution < -0.4 is 4.99 Å². The molecule has 0 aromatic heterocycles. The summed E-state index contributed by atoms with van der Waals surface area (Å²) in [6.07, 6.45) is 1.00. The van der Waals surface area contributed by atoms with Crippen molar-refractivity contribution >= 4 is 16.0 Å². The molecule has 18 heavy (non-hydrogen) atoms. The number of nitrogens with one attached hydrogen (secondary N) is 1. The summed E-state index contributed by atoms with van der Waals surface area (Å²) < 4.78 is 36.3. The number of benzene rings is 1. The van der Waals surface area contributed by atoms with Crippen LogP contribution in [0.2, 0.25) is 0 Å². The maximum absolute atomic E-state index is 10.4. The van der Waals surface area contributed by atoms with E-state index in [1.165, 1.54) is 12.1 Å². The van der Waals surface area contributed by atoms with Crippen LogP contribution in [-0.4, -0.2) is 32.0 Å². The molecule has 0 aliphatic carbocycles. The van der Waals surface area contributed by atoms with Gasteiger partial charge in [0.05, 0.1) is 11.3 Å². The van der Waals surface area contributed by atoms with Crippen molar-refractivity contribution in [2.24, 2.45) is 0 Å². The number of rotatable bonds is 2. The molecule has 1 aromatic rings. The average Bonchev–Trinajstić information content (AvgIpc) is 2.82. The summed E-state index contributed by atoms with van der Waals surface area (Å²) in [6, 6.07) is 5.78. The highest BCUT2D eigenvalue weighted by Gasteiger charge is 2.09. The zero-order valence-electron chi connectivity index (χ0n) is 10.5. The van der Waals surface area contributed by atoms with Crippen LogP contribution >= 0.6 is 0 Å². The van der Waals surface area contributed by atoms with Gasteiger partial charge in [0.1, 0.15) is 10.1 Å². The van der Waals surface area contributed by atoms with Crippen molar-refractivity contribution in [1.29, 1.82) is 0 Å². The minimum atomic E-state index is -4.27. The fraction of sp³-hybridized carbons (Fsp3) is 0.417. The minimum Gasteiger partial charge on any atom is -0.744 e. The minimum absolute atomic E-state index is 0.178. The Bertz CT molecular complexity index is 505. The Morgan fingerprint density at radius 2 is 1.94 bits per heavy atom. The third kappa shape index (κ3) is 4.85. The van der Waals surface area contributed by atoms with Gasteiger partial charge in [-0.05, 0) is 19.1 Å². The Morgan fingerprint density at radius 3 is 2.28 bits per heavy atom. The molecule has 6 heteroatoms. The van der Waals surface area contributed by atoms with E-state index in [9.17, 15) is 13.0 Å². The van der Waals surface area contributed by atoms with Gasteiger partial charge >= 0.3 is 5.90 Å². The summed E-state index contributed by atoms with van der Waals surface area (Å²) in [5.41, 5.74) is 0.928. The molecule has 0 saturated heterocycles. The Hall–Kier alpha value is -1.40. The molecule has 1 aromatic carbocycles. The van der Waals surface area contributed by atoms with E-state index in [2.05, 4.69) is 11.9 Å². The van der Waals surface area contributed by atoms with Crippen LogP contribution in [0.15, 0.2) is 29.2 Å². The molecule has 1 aliphatic heterocycles. The van der Waals surface area contributed by atoms with Gasteiger partial charge in [-0.1, -0.05) is 24.6 Å². The van der Waals surface area contributed by atoms with Gasteiger partial charge in [0.2, 0.25) is 0 Å². The van der Waals surface area contributed by atoms with E-state index in [0.29, 0.717) is 0 Å². The normalized spacial score (nSPS) is 14.3. The lowest BCUT2D eigenvalue weighted by molar-refractivity contribution is -0.446. The van der Waals surface area contributed by atoms with E-state index in [1.807, 2.05) is 6.92 Å². The van der Waals surface area contributed by atoms with Crippen LogP contribution in [0, 0.1) is 6.92 Å². The van der Waals surface area contributed by atoms with Gasteiger partial charge in [-0.2, -0.15) is 0 Å². The Morgan fingerprint density at radius 1 is 1.33 bits per heavy atom. The maximum Gasteiger partial charge on any atom is 0.334 e. The standard InChI is InChI=1S/C7H8O3S.C5H9NO/c1-6-2-4-7(5-3-6)11(8,9)10;1-2-5-6-3-4-7-5/h2-5H,1H3,(H,8,9,10);2-4H2,1H3. The van der Waals surface area contributed by atoms with E-state index in [4.69, 9.17) is 4.74 Å². The number of hydrogen-bond donors (Lipinski definition) is 1. The van der Waals surface area contributed by atoms with Crippen molar-refractivity contribution in [3.05, 3.63) is 29.8 Å². The molecule has 1 heterocycles. The van der Waals surface area contributed by atoms with E-state index in [0.717, 1.165) is 31.0 Å². The lowest BCUT2D eigenvalue weighted by Gasteiger charge is -2.05. The maximum atomic E-state index is 10.4. The van der Waals surface area contributed by atoms with Crippen LogP contribution in [-0.2, 0) is 14.9 Å². The lowest BCUT2D eigenvalue weighted by Crippen LogP contribution is -2.69. The molecule has 100 valence electrons. The highest BCUT2D eigenvalue weighted by Crippen LogP contribution is 2.08. The van der Waals surface area contributed by atoms with Gasteiger partial charge in [-0.3, -0.25) is 0 Å². The first-order valence-electron chi connectivity index (χ1n) is 5.68. The molecule has 0 bridgehead atoms. The first-order chi connectivity index (χ1) is 8.43. The average molecular weight is 271 g/mol. The molecule has 0 unspecified atom stereocenters. The molecule has 1 aliphatic rings. The molecular weight excluding hydrogens is 254 g/mol. The van der Waals surface area contributed by atoms with E-state index in [-0.39, 0.29) is 4.90 Å². The number of aryl methyl sites for hydroxylation is 1. The zero-order valence-corrected chi connectivity index (χ0v) is 11.3. The van der Waals surface area contributed by atoms with Gasteiger partial charge < -0.3 is 9.29 Å². The second-order valence-electron chi connectivity index (χ2n) is 3.82. The second kappa shape index (κ2) is 6.51. The van der Waals surface area contributed by atoms with Gasteiger partial charge in [0, 0.05) is 0 Å². The largest absolute Gasteiger partial charge is 0.744 e. The highest BCUT2D eigenvalue weighted by molar-refractivity contribution is 7.85. The van der Waals surface area contributed by atoms with Crippen molar-refractivity contribution in [2.45, 2.75) is 25.2 Å². The van der Waals surface area contributed by atoms with E-state index < -0.39 is 10.1 Å². The molecule has 2 rings (SSSR count). The summed E-state index contributed by atoms with van der Waals surface area (Å²) >= 11 is 0. The number of ether oxygens (including phenoxy) is 1. The van der Waals surface area contributed by atoms with E-state index in [1.54, 1.807) is 12.1 Å². The molecule has 0 spiro atoms. The first kappa shape index (κ1) is 14.7. The Labute approximate surface area is 107 Å². The lowest BCUT2D eigenvalue weighted by atomic mass is 10.2. The van der Waals surface area contributed by atoms with Gasteiger partial charge in [-0.25, -0.2) is 13.4 Å². The van der Waals surface area contributed by atoms with Crippen LogP contribution in [0.5, 0.6) is 0 Å². The Balaban J connectivity index is 0.000000199. The molecule has 5 nitrogen and oxygen atoms in total. The molecular formula is C12H17NO4S. The molecule has 0 amide bonds. The molecule has 0 fully saturated rings. The van der Waals surface area contributed by atoms with Crippen molar-refractivity contribution in [3.63, 3.8) is 0 Å². The van der Waals surface area contributed by atoms with Crippen LogP contribution in [0.3, 0.4) is 0 Å². The summed E-state index contributed by atoms with van der Waals surface area (Å²) in [6.45, 7) is 5.74. The summed E-state index contributed by atoms with van der Waals surface area (Å²) in [5.74, 6) is 1.04. The van der Waals surface area contributed by atoms with Crippen LogP contribution in [0.4, 0.5) is 0 Å². The van der Waals surface area contributed by atoms with Crippen molar-refractivity contribution in [3.8, 4) is 0 Å². The molecule has 0 saturated carbocycles. The predicted molar refractivity (Wildman–Crippen MR) is 66.2 cm³/mol. The molecule has 0 atom stereocenters. The smallest absolute Gasteiger partial charge is 0.334 e. The highest BCUT2D eigenvalue weighted by atomic mass is 32.2. The summed E-state index contributed by atoms with van der Waals surface area (Å²) in [5, 5.41) is 0. The predicted octanol–water partition coefficient (Wildman–Crippen LogP) is -0.195. The van der Waals surface area contributed by atoms with Gasteiger partial charge in [0.15, 0.2) is 13.2 Å². The monoisotopic (exact) mass is 271 g/mol. The van der Waals surface area contributed by atoms with Crippen molar-refractivity contribution < 1.29 is 22.7 Å². The first-order valence-corrected chi connectivity index (χ1v) is 7.09. The third-order valence-corrected chi connectivity index (χ3v) is 3.18. The summed E-state index contributed by atoms with van der Waals surface area (Å²) in [7, 11) is -4.27. The van der Waals surface area contributed by atoms with E-state index >= 15 is 0 Å². The molecule has 0 radical (unpaired) electrons.